The number of thiophene rings is 1. The second-order valence-electron chi connectivity index (χ2n) is 8.28. The summed E-state index contributed by atoms with van der Waals surface area (Å²) in [5.41, 5.74) is 2.06. The van der Waals surface area contributed by atoms with Crippen LogP contribution >= 0.6 is 22.9 Å². The molecular formula is C25H16ClFN2O3S. The molecule has 3 aliphatic rings. The molecule has 4 heterocycles. The Morgan fingerprint density at radius 2 is 1.79 bits per heavy atom. The normalized spacial score (nSPS) is 25.3. The Morgan fingerprint density at radius 1 is 1.00 bits per heavy atom. The summed E-state index contributed by atoms with van der Waals surface area (Å²) < 4.78 is 13.7. The van der Waals surface area contributed by atoms with Gasteiger partial charge < -0.3 is 4.90 Å². The summed E-state index contributed by atoms with van der Waals surface area (Å²) in [5, 5.41) is 1.64. The lowest BCUT2D eigenvalue weighted by Crippen LogP contribution is -2.44. The first-order valence-corrected chi connectivity index (χ1v) is 11.7. The van der Waals surface area contributed by atoms with Gasteiger partial charge in [0.2, 0.25) is 11.8 Å². The molecule has 0 N–H and O–H groups in total. The second-order valence-corrected chi connectivity index (χ2v) is 9.64. The van der Waals surface area contributed by atoms with Gasteiger partial charge in [-0.3, -0.25) is 14.4 Å². The summed E-state index contributed by atoms with van der Waals surface area (Å²) in [7, 11) is 0. The third-order valence-electron chi connectivity index (χ3n) is 6.66. The average molecular weight is 479 g/mol. The molecule has 0 bridgehead atoms. The number of nitrogens with zero attached hydrogens (tertiary/aromatic N) is 2. The molecule has 2 amide bonds. The van der Waals surface area contributed by atoms with Gasteiger partial charge in [0.05, 0.1) is 33.5 Å². The van der Waals surface area contributed by atoms with Gasteiger partial charge in [-0.1, -0.05) is 41.9 Å². The first kappa shape index (κ1) is 20.3. The van der Waals surface area contributed by atoms with Crippen LogP contribution in [0, 0.1) is 17.7 Å². The molecule has 0 unspecified atom stereocenters. The minimum Gasteiger partial charge on any atom is -0.358 e. The van der Waals surface area contributed by atoms with E-state index in [1.54, 1.807) is 12.1 Å². The highest BCUT2D eigenvalue weighted by molar-refractivity contribution is 7.12. The molecular weight excluding hydrogens is 463 g/mol. The number of ketones is 1. The maximum absolute atomic E-state index is 13.7. The number of benzene rings is 2. The Labute approximate surface area is 197 Å². The number of hydrogen-bond acceptors (Lipinski definition) is 5. The number of halogens is 2. The maximum atomic E-state index is 13.7. The number of imide groups is 1. The molecule has 0 aliphatic carbocycles. The summed E-state index contributed by atoms with van der Waals surface area (Å²) >= 11 is 7.25. The summed E-state index contributed by atoms with van der Waals surface area (Å²) in [6, 6.07) is 13.7. The molecule has 5 nitrogen and oxygen atoms in total. The van der Waals surface area contributed by atoms with E-state index in [4.69, 9.17) is 11.6 Å². The van der Waals surface area contributed by atoms with Crippen LogP contribution in [0.25, 0.3) is 6.08 Å². The van der Waals surface area contributed by atoms with E-state index in [9.17, 15) is 18.8 Å². The van der Waals surface area contributed by atoms with Crippen LogP contribution in [0.4, 0.5) is 10.1 Å². The molecule has 0 spiro atoms. The van der Waals surface area contributed by atoms with Crippen molar-refractivity contribution in [2.24, 2.45) is 11.8 Å². The van der Waals surface area contributed by atoms with Crippen LogP contribution in [0.15, 0.2) is 66.2 Å². The third kappa shape index (κ3) is 2.85. The highest BCUT2D eigenvalue weighted by Crippen LogP contribution is 2.53. The molecule has 0 radical (unpaired) electrons. The van der Waals surface area contributed by atoms with Crippen molar-refractivity contribution in [3.8, 4) is 0 Å². The van der Waals surface area contributed by atoms with Crippen LogP contribution < -0.4 is 4.90 Å². The van der Waals surface area contributed by atoms with Gasteiger partial charge in [0, 0.05) is 6.20 Å². The van der Waals surface area contributed by atoms with Crippen LogP contribution in [0.3, 0.4) is 0 Å². The number of anilines is 1. The molecule has 3 aliphatic heterocycles. The van der Waals surface area contributed by atoms with E-state index >= 15 is 0 Å². The lowest BCUT2D eigenvalue weighted by Gasteiger charge is -2.35. The third-order valence-corrected chi connectivity index (χ3v) is 7.83. The molecule has 4 atom stereocenters. The van der Waals surface area contributed by atoms with Crippen molar-refractivity contribution in [2.45, 2.75) is 12.1 Å². The van der Waals surface area contributed by atoms with E-state index in [2.05, 4.69) is 0 Å². The summed E-state index contributed by atoms with van der Waals surface area (Å²) in [5.74, 6) is -3.31. The quantitative estimate of drug-likeness (QED) is 0.395. The molecule has 33 heavy (non-hydrogen) atoms. The molecule has 3 aromatic rings. The van der Waals surface area contributed by atoms with E-state index in [-0.39, 0.29) is 16.5 Å². The van der Waals surface area contributed by atoms with Gasteiger partial charge in [-0.05, 0) is 46.8 Å². The zero-order valence-electron chi connectivity index (χ0n) is 17.0. The number of fused-ring (bicyclic) bond motifs is 5. The number of rotatable bonds is 3. The van der Waals surface area contributed by atoms with Gasteiger partial charge in [-0.25, -0.2) is 9.29 Å². The fourth-order valence-electron chi connectivity index (χ4n) is 5.30. The lowest BCUT2D eigenvalue weighted by atomic mass is 9.84. The van der Waals surface area contributed by atoms with Crippen molar-refractivity contribution in [2.75, 3.05) is 4.90 Å². The minimum absolute atomic E-state index is 0.177. The Hall–Kier alpha value is -3.29. The van der Waals surface area contributed by atoms with Crippen molar-refractivity contribution in [1.29, 1.82) is 0 Å². The first-order chi connectivity index (χ1) is 16.0. The molecule has 2 saturated heterocycles. The van der Waals surface area contributed by atoms with E-state index < -0.39 is 41.6 Å². The molecule has 0 saturated carbocycles. The monoisotopic (exact) mass is 478 g/mol. The minimum atomic E-state index is -0.864. The Bertz CT molecular complexity index is 1360. The summed E-state index contributed by atoms with van der Waals surface area (Å²) in [4.78, 5) is 44.5. The van der Waals surface area contributed by atoms with Crippen molar-refractivity contribution in [1.82, 2.24) is 4.90 Å². The number of Topliss-reactive ketones (excluding diaryl/α,β-unsaturated/α-hetero) is 1. The number of amides is 2. The van der Waals surface area contributed by atoms with Gasteiger partial charge in [0.25, 0.3) is 0 Å². The topological polar surface area (TPSA) is 57.7 Å². The van der Waals surface area contributed by atoms with Crippen molar-refractivity contribution < 1.29 is 18.8 Å². The maximum Gasteiger partial charge on any atom is 0.240 e. The predicted molar refractivity (Wildman–Crippen MR) is 123 cm³/mol. The standard InChI is InChI=1S/C25H16ClFN2O3S/c26-16-12-14(7-8-17(16)27)29-24(31)19-20(25(29)32)22(23(30)18-6-3-11-33-18)28-10-9-13-4-1-2-5-15(13)21(19)28/h1-12,19-22H/t19-,20-,21+,22+/m1/s1. The van der Waals surface area contributed by atoms with Crippen molar-refractivity contribution in [3.05, 3.63) is 93.0 Å². The van der Waals surface area contributed by atoms with E-state index in [1.807, 2.05) is 46.8 Å². The number of hydrogen-bond donors (Lipinski definition) is 0. The van der Waals surface area contributed by atoms with Gasteiger partial charge in [0.15, 0.2) is 5.78 Å². The highest BCUT2D eigenvalue weighted by Gasteiger charge is 2.64. The lowest BCUT2D eigenvalue weighted by molar-refractivity contribution is -0.123. The van der Waals surface area contributed by atoms with E-state index in [1.165, 1.54) is 23.5 Å². The largest absolute Gasteiger partial charge is 0.358 e. The van der Waals surface area contributed by atoms with E-state index in [0.29, 0.717) is 4.88 Å². The van der Waals surface area contributed by atoms with Gasteiger partial charge in [-0.15, -0.1) is 11.3 Å². The van der Waals surface area contributed by atoms with Gasteiger partial charge >= 0.3 is 0 Å². The van der Waals surface area contributed by atoms with Gasteiger partial charge in [-0.2, -0.15) is 0 Å². The number of carbonyl (C=O) groups is 3. The summed E-state index contributed by atoms with van der Waals surface area (Å²) in [6.07, 6.45) is 3.73. The van der Waals surface area contributed by atoms with Crippen LogP contribution in [-0.4, -0.2) is 28.5 Å². The first-order valence-electron chi connectivity index (χ1n) is 10.4. The van der Waals surface area contributed by atoms with Crippen molar-refractivity contribution >= 4 is 52.3 Å². The van der Waals surface area contributed by atoms with Crippen molar-refractivity contribution in [3.63, 3.8) is 0 Å². The van der Waals surface area contributed by atoms with E-state index in [0.717, 1.165) is 22.1 Å². The number of carbonyl (C=O) groups excluding carboxylic acids is 3. The Balaban J connectivity index is 1.51. The van der Waals surface area contributed by atoms with Gasteiger partial charge in [0.1, 0.15) is 11.9 Å². The SMILES string of the molecule is O=C(c1cccs1)[C@@H]1[C@@H]2C(=O)N(c3ccc(F)c(Cl)c3)C(=O)[C@H]2[C@@H]2c3ccccc3C=CN12. The fourth-order valence-corrected chi connectivity index (χ4v) is 6.17. The second kappa shape index (κ2) is 7.37. The van der Waals surface area contributed by atoms with Crippen LogP contribution in [-0.2, 0) is 9.59 Å². The smallest absolute Gasteiger partial charge is 0.240 e. The molecule has 2 fully saturated rings. The van der Waals surface area contributed by atoms with Crippen LogP contribution in [0.5, 0.6) is 0 Å². The molecule has 8 heteroatoms. The zero-order chi connectivity index (χ0) is 22.9. The molecule has 6 rings (SSSR count). The molecule has 1 aromatic heterocycles. The highest BCUT2D eigenvalue weighted by atomic mass is 35.5. The average Bonchev–Trinajstić information content (AvgIpc) is 3.52. The molecule has 2 aromatic carbocycles. The predicted octanol–water partition coefficient (Wildman–Crippen LogP) is 4.94. The Morgan fingerprint density at radius 3 is 2.55 bits per heavy atom. The molecule has 164 valence electrons. The summed E-state index contributed by atoms with van der Waals surface area (Å²) in [6.45, 7) is 0. The zero-order valence-corrected chi connectivity index (χ0v) is 18.6. The van der Waals surface area contributed by atoms with Crippen LogP contribution in [0.1, 0.15) is 26.8 Å². The fraction of sp³-hybridized carbons (Fsp3) is 0.160. The van der Waals surface area contributed by atoms with Crippen LogP contribution in [0.2, 0.25) is 5.02 Å². The Kier molecular flexibility index (Phi) is 4.54.